The Labute approximate surface area is 267 Å². The standard InChI is InChI=1S/C33H49N7O5/c1-9-35-36-31(43)25-14-15-28(24(4)18-25)34-19-29(41)38(16-17-40(23(2)3)32(44)45-33(5,6)7)22-30(42)37(8)39-20-26-12-10-11-13-27(26)21-39/h10-15,18,23,34-35H,9,16-17,19-22H2,1-8H3,(H,36,43). The van der Waals surface area contributed by atoms with Crippen LogP contribution in [0.4, 0.5) is 10.5 Å². The zero-order valence-electron chi connectivity index (χ0n) is 27.9. The van der Waals surface area contributed by atoms with E-state index in [1.54, 1.807) is 55.9 Å². The van der Waals surface area contributed by atoms with E-state index >= 15 is 0 Å². The quantitative estimate of drug-likeness (QED) is 0.290. The van der Waals surface area contributed by atoms with Crippen molar-refractivity contribution in [1.29, 1.82) is 0 Å². The van der Waals surface area contributed by atoms with Crippen LogP contribution in [0.5, 0.6) is 0 Å². The van der Waals surface area contributed by atoms with Crippen LogP contribution in [0.3, 0.4) is 0 Å². The van der Waals surface area contributed by atoms with Gasteiger partial charge in [-0.2, -0.15) is 0 Å². The van der Waals surface area contributed by atoms with Crippen LogP contribution < -0.4 is 16.2 Å². The van der Waals surface area contributed by atoms with E-state index in [0.717, 1.165) is 5.56 Å². The molecule has 0 radical (unpaired) electrons. The fraction of sp³-hybridized carbons (Fsp3) is 0.515. The lowest BCUT2D eigenvalue weighted by Gasteiger charge is -2.33. The fourth-order valence-corrected chi connectivity index (χ4v) is 4.88. The Kier molecular flexibility index (Phi) is 12.3. The largest absolute Gasteiger partial charge is 0.444 e. The van der Waals surface area contributed by atoms with Gasteiger partial charge < -0.3 is 19.9 Å². The van der Waals surface area contributed by atoms with Gasteiger partial charge >= 0.3 is 6.09 Å². The first-order valence-electron chi connectivity index (χ1n) is 15.4. The van der Waals surface area contributed by atoms with Crippen molar-refractivity contribution in [1.82, 2.24) is 30.7 Å². The number of fused-ring (bicyclic) bond motifs is 1. The smallest absolute Gasteiger partial charge is 0.410 e. The predicted octanol–water partition coefficient (Wildman–Crippen LogP) is 3.52. The minimum Gasteiger partial charge on any atom is -0.444 e. The van der Waals surface area contributed by atoms with Crippen molar-refractivity contribution in [3.05, 3.63) is 64.7 Å². The third kappa shape index (κ3) is 10.2. The Balaban J connectivity index is 1.72. The molecular formula is C33H49N7O5. The van der Waals surface area contributed by atoms with Crippen LogP contribution in [0.1, 0.15) is 68.6 Å². The van der Waals surface area contributed by atoms with Crippen molar-refractivity contribution in [3.8, 4) is 0 Å². The fourth-order valence-electron chi connectivity index (χ4n) is 4.88. The third-order valence-electron chi connectivity index (χ3n) is 7.45. The van der Waals surface area contributed by atoms with E-state index < -0.39 is 11.7 Å². The van der Waals surface area contributed by atoms with Crippen LogP contribution in [0.2, 0.25) is 0 Å². The number of ether oxygens (including phenoxy) is 1. The summed E-state index contributed by atoms with van der Waals surface area (Å²) in [6.07, 6.45) is -0.477. The summed E-state index contributed by atoms with van der Waals surface area (Å²) in [6, 6.07) is 13.1. The summed E-state index contributed by atoms with van der Waals surface area (Å²) >= 11 is 0. The van der Waals surface area contributed by atoms with E-state index in [1.807, 2.05) is 44.8 Å². The first-order chi connectivity index (χ1) is 21.2. The average Bonchev–Trinajstić information content (AvgIpc) is 3.41. The number of nitrogens with one attached hydrogen (secondary N) is 3. The van der Waals surface area contributed by atoms with Crippen molar-refractivity contribution in [2.45, 2.75) is 73.2 Å². The summed E-state index contributed by atoms with van der Waals surface area (Å²) in [4.78, 5) is 55.4. The number of amides is 4. The van der Waals surface area contributed by atoms with E-state index in [9.17, 15) is 19.2 Å². The number of hydrogen-bond donors (Lipinski definition) is 3. The van der Waals surface area contributed by atoms with E-state index in [4.69, 9.17) is 4.74 Å². The third-order valence-corrected chi connectivity index (χ3v) is 7.45. The SMILES string of the molecule is CCNNC(=O)c1ccc(NCC(=O)N(CCN(C(=O)OC(C)(C)C)C(C)C)CC(=O)N(C)N2Cc3ccccc3C2)c(C)c1. The van der Waals surface area contributed by atoms with Crippen LogP contribution in [0, 0.1) is 6.92 Å². The van der Waals surface area contributed by atoms with Crippen molar-refractivity contribution in [2.24, 2.45) is 0 Å². The summed E-state index contributed by atoms with van der Waals surface area (Å²) in [6.45, 7) is 14.8. The van der Waals surface area contributed by atoms with Crippen LogP contribution in [0.25, 0.3) is 0 Å². The topological polar surface area (TPSA) is 127 Å². The highest BCUT2D eigenvalue weighted by molar-refractivity contribution is 5.94. The summed E-state index contributed by atoms with van der Waals surface area (Å²) in [5.74, 6) is -0.795. The van der Waals surface area contributed by atoms with Gasteiger partial charge in [-0.25, -0.2) is 15.2 Å². The van der Waals surface area contributed by atoms with Gasteiger partial charge in [-0.15, -0.1) is 0 Å². The highest BCUT2D eigenvalue weighted by atomic mass is 16.6. The second kappa shape index (κ2) is 15.7. The molecule has 12 nitrogen and oxygen atoms in total. The molecular weight excluding hydrogens is 574 g/mol. The second-order valence-corrected chi connectivity index (χ2v) is 12.5. The van der Waals surface area contributed by atoms with Crippen molar-refractivity contribution < 1.29 is 23.9 Å². The number of likely N-dealkylation sites (N-methyl/N-ethyl adjacent to an activating group) is 1. The van der Waals surface area contributed by atoms with Gasteiger partial charge in [0.2, 0.25) is 5.91 Å². The van der Waals surface area contributed by atoms with E-state index in [2.05, 4.69) is 28.3 Å². The molecule has 0 saturated carbocycles. The number of benzene rings is 2. The van der Waals surface area contributed by atoms with E-state index in [-0.39, 0.29) is 49.9 Å². The summed E-state index contributed by atoms with van der Waals surface area (Å²) in [5, 5.41) is 6.68. The van der Waals surface area contributed by atoms with Gasteiger partial charge in [0.05, 0.1) is 6.54 Å². The molecule has 0 aromatic heterocycles. The Morgan fingerprint density at radius 3 is 2.18 bits per heavy atom. The molecule has 1 aliphatic heterocycles. The predicted molar refractivity (Wildman–Crippen MR) is 174 cm³/mol. The normalized spacial score (nSPS) is 12.8. The van der Waals surface area contributed by atoms with Crippen LogP contribution in [0.15, 0.2) is 42.5 Å². The lowest BCUT2D eigenvalue weighted by Crippen LogP contribution is -2.51. The lowest BCUT2D eigenvalue weighted by atomic mass is 10.1. The van der Waals surface area contributed by atoms with Gasteiger partial charge in [-0.1, -0.05) is 31.2 Å². The lowest BCUT2D eigenvalue weighted by molar-refractivity contribution is -0.151. The molecule has 0 bridgehead atoms. The zero-order valence-corrected chi connectivity index (χ0v) is 27.9. The highest BCUT2D eigenvalue weighted by Crippen LogP contribution is 2.23. The highest BCUT2D eigenvalue weighted by Gasteiger charge is 2.29. The Morgan fingerprint density at radius 1 is 0.978 bits per heavy atom. The van der Waals surface area contributed by atoms with Crippen LogP contribution >= 0.6 is 0 Å². The molecule has 1 heterocycles. The molecule has 3 rings (SSSR count). The second-order valence-electron chi connectivity index (χ2n) is 12.5. The van der Waals surface area contributed by atoms with Crippen molar-refractivity contribution in [3.63, 3.8) is 0 Å². The van der Waals surface area contributed by atoms with Crippen molar-refractivity contribution in [2.75, 3.05) is 45.1 Å². The number of nitrogens with zero attached hydrogens (tertiary/aromatic N) is 4. The maximum atomic E-state index is 13.6. The number of rotatable bonds is 13. The summed E-state index contributed by atoms with van der Waals surface area (Å²) in [7, 11) is 1.72. The van der Waals surface area contributed by atoms with Gasteiger partial charge in [0.1, 0.15) is 12.1 Å². The summed E-state index contributed by atoms with van der Waals surface area (Å²) < 4.78 is 5.60. The number of hydrogen-bond acceptors (Lipinski definition) is 8. The molecule has 0 spiro atoms. The van der Waals surface area contributed by atoms with Crippen molar-refractivity contribution >= 4 is 29.5 Å². The average molecular weight is 624 g/mol. The van der Waals surface area contributed by atoms with Gasteiger partial charge in [-0.05, 0) is 76.4 Å². The number of anilines is 1. The molecule has 2 aromatic carbocycles. The van der Waals surface area contributed by atoms with E-state index in [1.165, 1.54) is 16.0 Å². The van der Waals surface area contributed by atoms with E-state index in [0.29, 0.717) is 30.9 Å². The monoisotopic (exact) mass is 623 g/mol. The number of hydrazine groups is 2. The molecule has 246 valence electrons. The molecule has 0 unspecified atom stereocenters. The molecule has 2 aromatic rings. The molecule has 0 atom stereocenters. The molecule has 4 amide bonds. The number of aryl methyl sites for hydroxylation is 1. The Bertz CT molecular complexity index is 1330. The van der Waals surface area contributed by atoms with Gasteiger partial charge in [0.15, 0.2) is 0 Å². The maximum absolute atomic E-state index is 13.6. The molecule has 0 aliphatic carbocycles. The summed E-state index contributed by atoms with van der Waals surface area (Å²) in [5.41, 5.74) is 9.04. The molecule has 0 saturated heterocycles. The number of carbonyl (C=O) groups is 4. The molecule has 0 fully saturated rings. The minimum absolute atomic E-state index is 0.0793. The van der Waals surface area contributed by atoms with Gasteiger partial charge in [0, 0.05) is 57.1 Å². The minimum atomic E-state index is -0.670. The zero-order chi connectivity index (χ0) is 33.3. The molecule has 12 heteroatoms. The maximum Gasteiger partial charge on any atom is 0.410 e. The molecule has 1 aliphatic rings. The first kappa shape index (κ1) is 35.3. The number of carbonyl (C=O) groups excluding carboxylic acids is 4. The first-order valence-corrected chi connectivity index (χ1v) is 15.4. The van der Waals surface area contributed by atoms with Gasteiger partial charge in [0.25, 0.3) is 11.8 Å². The van der Waals surface area contributed by atoms with Crippen LogP contribution in [-0.2, 0) is 27.4 Å². The van der Waals surface area contributed by atoms with Gasteiger partial charge in [-0.3, -0.25) is 24.8 Å². The molecule has 3 N–H and O–H groups in total. The van der Waals surface area contributed by atoms with Crippen LogP contribution in [-0.4, -0.2) is 95.0 Å². The molecule has 45 heavy (non-hydrogen) atoms. The Hall–Kier alpha value is -4.16. The Morgan fingerprint density at radius 2 is 1.62 bits per heavy atom.